The van der Waals surface area contributed by atoms with E-state index in [4.69, 9.17) is 4.98 Å². The van der Waals surface area contributed by atoms with Gasteiger partial charge in [-0.2, -0.15) is 0 Å². The van der Waals surface area contributed by atoms with Crippen LogP contribution >= 0.6 is 11.3 Å². The van der Waals surface area contributed by atoms with E-state index in [2.05, 4.69) is 35.8 Å². The molecular weight excluding hydrogens is 318 g/mol. The Kier molecular flexibility index (Phi) is 4.04. The van der Waals surface area contributed by atoms with Crippen molar-refractivity contribution in [2.75, 3.05) is 11.9 Å². The second-order valence-corrected chi connectivity index (χ2v) is 7.42. The zero-order valence-electron chi connectivity index (χ0n) is 13.6. The van der Waals surface area contributed by atoms with Crippen molar-refractivity contribution in [1.82, 2.24) is 4.98 Å². The molecule has 0 bridgehead atoms. The number of anilines is 1. The molecule has 0 spiro atoms. The van der Waals surface area contributed by atoms with Gasteiger partial charge in [0.15, 0.2) is 6.54 Å². The molecule has 4 rings (SSSR count). The van der Waals surface area contributed by atoms with Crippen LogP contribution < -0.4 is 10.6 Å². The molecule has 3 N–H and O–H groups in total. The number of carbonyl (C=O) groups excluding carboxylic acids is 1. The van der Waals surface area contributed by atoms with Crippen molar-refractivity contribution in [2.45, 2.75) is 25.8 Å². The average Bonchev–Trinajstić information content (AvgIpc) is 3.31. The number of amides is 1. The summed E-state index contributed by atoms with van der Waals surface area (Å²) in [5.74, 6) is 0.0603. The maximum Gasteiger partial charge on any atom is 0.279 e. The number of aryl methyl sites for hydroxylation is 1. The van der Waals surface area contributed by atoms with Gasteiger partial charge in [-0.15, -0.1) is 11.3 Å². The third-order valence-corrected chi connectivity index (χ3v) is 5.29. The molecule has 1 aromatic heterocycles. The molecule has 3 aromatic rings. The van der Waals surface area contributed by atoms with Crippen molar-refractivity contribution >= 4 is 33.1 Å². The Hall–Kier alpha value is -2.24. The van der Waals surface area contributed by atoms with Crippen molar-refractivity contribution in [1.29, 1.82) is 0 Å². The summed E-state index contributed by atoms with van der Waals surface area (Å²) >= 11 is 1.70. The molecule has 0 saturated heterocycles. The quantitative estimate of drug-likeness (QED) is 0.751. The fourth-order valence-corrected chi connectivity index (χ4v) is 3.74. The molecular formula is C19H20N3OS+. The highest BCUT2D eigenvalue weighted by atomic mass is 32.1. The van der Waals surface area contributed by atoms with E-state index in [9.17, 15) is 4.79 Å². The maximum atomic E-state index is 11.9. The average molecular weight is 338 g/mol. The Balaban J connectivity index is 1.46. The van der Waals surface area contributed by atoms with E-state index in [1.165, 1.54) is 23.1 Å². The summed E-state index contributed by atoms with van der Waals surface area (Å²) in [7, 11) is 0. The second kappa shape index (κ2) is 6.34. The van der Waals surface area contributed by atoms with E-state index in [1.54, 1.807) is 11.3 Å². The number of carbonyl (C=O) groups is 1. The van der Waals surface area contributed by atoms with Gasteiger partial charge in [-0.25, -0.2) is 4.98 Å². The number of rotatable bonds is 5. The van der Waals surface area contributed by atoms with Gasteiger partial charge < -0.3 is 10.6 Å². The van der Waals surface area contributed by atoms with E-state index < -0.39 is 0 Å². The predicted molar refractivity (Wildman–Crippen MR) is 98.2 cm³/mol. The molecule has 1 aliphatic carbocycles. The van der Waals surface area contributed by atoms with Crippen LogP contribution in [0.3, 0.4) is 0 Å². The SMILES string of the molecule is Cc1ccc2nc(-c3ccc(NC(=O)C[NH2+]C4CC4)cc3)sc2c1. The molecule has 122 valence electrons. The molecule has 1 heterocycles. The Bertz CT molecular complexity index is 881. The zero-order valence-corrected chi connectivity index (χ0v) is 14.4. The third-order valence-electron chi connectivity index (χ3n) is 4.22. The smallest absolute Gasteiger partial charge is 0.279 e. The number of nitrogens with two attached hydrogens (primary N) is 1. The Morgan fingerprint density at radius 2 is 2.04 bits per heavy atom. The fourth-order valence-electron chi connectivity index (χ4n) is 2.67. The summed E-state index contributed by atoms with van der Waals surface area (Å²) in [6.45, 7) is 2.60. The number of nitrogens with zero attached hydrogens (tertiary/aromatic N) is 1. The van der Waals surface area contributed by atoms with Crippen molar-refractivity contribution in [3.05, 3.63) is 48.0 Å². The number of hydrogen-bond donors (Lipinski definition) is 2. The van der Waals surface area contributed by atoms with Crippen molar-refractivity contribution < 1.29 is 10.1 Å². The number of benzene rings is 2. The van der Waals surface area contributed by atoms with Crippen LogP contribution in [0.2, 0.25) is 0 Å². The first-order chi connectivity index (χ1) is 11.7. The summed E-state index contributed by atoms with van der Waals surface area (Å²) < 4.78 is 1.21. The van der Waals surface area contributed by atoms with Gasteiger partial charge in [0, 0.05) is 24.1 Å². The largest absolute Gasteiger partial charge is 0.336 e. The topological polar surface area (TPSA) is 58.6 Å². The molecule has 24 heavy (non-hydrogen) atoms. The lowest BCUT2D eigenvalue weighted by molar-refractivity contribution is -0.657. The normalized spacial score (nSPS) is 14.0. The number of thiazole rings is 1. The van der Waals surface area contributed by atoms with Crippen LogP contribution in [0, 0.1) is 6.92 Å². The van der Waals surface area contributed by atoms with Gasteiger partial charge >= 0.3 is 0 Å². The van der Waals surface area contributed by atoms with Crippen LogP contribution in [0.25, 0.3) is 20.8 Å². The monoisotopic (exact) mass is 338 g/mol. The number of nitrogens with one attached hydrogen (secondary N) is 1. The highest BCUT2D eigenvalue weighted by Gasteiger charge is 2.25. The van der Waals surface area contributed by atoms with Gasteiger partial charge in [-0.1, -0.05) is 6.07 Å². The summed E-state index contributed by atoms with van der Waals surface area (Å²) in [5, 5.41) is 6.08. The molecule has 0 aliphatic heterocycles. The van der Waals surface area contributed by atoms with Gasteiger partial charge in [0.25, 0.3) is 5.91 Å². The number of fused-ring (bicyclic) bond motifs is 1. The predicted octanol–water partition coefficient (Wildman–Crippen LogP) is 2.94. The Morgan fingerprint density at radius 1 is 1.25 bits per heavy atom. The molecule has 0 radical (unpaired) electrons. The highest BCUT2D eigenvalue weighted by Crippen LogP contribution is 2.31. The van der Waals surface area contributed by atoms with Crippen molar-refractivity contribution in [3.8, 4) is 10.6 Å². The number of quaternary nitrogens is 1. The molecule has 0 unspecified atom stereocenters. The van der Waals surface area contributed by atoms with Crippen LogP contribution in [0.5, 0.6) is 0 Å². The first-order valence-corrected chi connectivity index (χ1v) is 9.10. The van der Waals surface area contributed by atoms with Gasteiger partial charge in [-0.05, 0) is 48.9 Å². The van der Waals surface area contributed by atoms with Gasteiger partial charge in [0.05, 0.1) is 16.3 Å². The minimum Gasteiger partial charge on any atom is -0.336 e. The van der Waals surface area contributed by atoms with E-state index in [0.717, 1.165) is 21.8 Å². The summed E-state index contributed by atoms with van der Waals surface area (Å²) in [6, 6.07) is 14.9. The lowest BCUT2D eigenvalue weighted by Crippen LogP contribution is -2.87. The molecule has 1 fully saturated rings. The van der Waals surface area contributed by atoms with Crippen LogP contribution in [0.4, 0.5) is 5.69 Å². The first kappa shape index (κ1) is 15.3. The summed E-state index contributed by atoms with van der Waals surface area (Å²) in [4.78, 5) is 16.6. The zero-order chi connectivity index (χ0) is 16.5. The van der Waals surface area contributed by atoms with E-state index in [-0.39, 0.29) is 5.91 Å². The van der Waals surface area contributed by atoms with E-state index >= 15 is 0 Å². The molecule has 5 heteroatoms. The second-order valence-electron chi connectivity index (χ2n) is 6.39. The number of hydrogen-bond acceptors (Lipinski definition) is 3. The van der Waals surface area contributed by atoms with Crippen LogP contribution in [-0.4, -0.2) is 23.5 Å². The third kappa shape index (κ3) is 3.47. The van der Waals surface area contributed by atoms with Crippen LogP contribution in [0.1, 0.15) is 18.4 Å². The first-order valence-electron chi connectivity index (χ1n) is 8.28. The molecule has 0 atom stereocenters. The molecule has 2 aromatic carbocycles. The minimum atomic E-state index is 0.0603. The lowest BCUT2D eigenvalue weighted by atomic mass is 10.2. The lowest BCUT2D eigenvalue weighted by Gasteiger charge is -2.05. The summed E-state index contributed by atoms with van der Waals surface area (Å²) in [5.41, 5.74) is 4.20. The van der Waals surface area contributed by atoms with Crippen LogP contribution in [-0.2, 0) is 4.79 Å². The summed E-state index contributed by atoms with van der Waals surface area (Å²) in [6.07, 6.45) is 2.48. The fraction of sp³-hybridized carbons (Fsp3) is 0.263. The van der Waals surface area contributed by atoms with E-state index in [1.807, 2.05) is 24.3 Å². The molecule has 1 saturated carbocycles. The standard InChI is InChI=1S/C19H19N3OS/c1-12-2-9-16-17(10-12)24-19(22-16)13-3-5-15(6-4-13)21-18(23)11-20-14-7-8-14/h2-6,9-10,14,20H,7-8,11H2,1H3,(H,21,23)/p+1. The van der Waals surface area contributed by atoms with Gasteiger partial charge in [-0.3, -0.25) is 4.79 Å². The number of aromatic nitrogens is 1. The maximum absolute atomic E-state index is 11.9. The van der Waals surface area contributed by atoms with Gasteiger partial charge in [0.2, 0.25) is 0 Å². The highest BCUT2D eigenvalue weighted by molar-refractivity contribution is 7.21. The Labute approximate surface area is 144 Å². The molecule has 1 amide bonds. The molecule has 1 aliphatic rings. The Morgan fingerprint density at radius 3 is 2.79 bits per heavy atom. The van der Waals surface area contributed by atoms with Gasteiger partial charge in [0.1, 0.15) is 5.01 Å². The van der Waals surface area contributed by atoms with Crippen molar-refractivity contribution in [2.24, 2.45) is 0 Å². The van der Waals surface area contributed by atoms with E-state index in [0.29, 0.717) is 12.6 Å². The molecule has 4 nitrogen and oxygen atoms in total. The minimum absolute atomic E-state index is 0.0603. The van der Waals surface area contributed by atoms with Crippen molar-refractivity contribution in [3.63, 3.8) is 0 Å². The van der Waals surface area contributed by atoms with Crippen LogP contribution in [0.15, 0.2) is 42.5 Å².